The predicted molar refractivity (Wildman–Crippen MR) is 64.9 cm³/mol. The van der Waals surface area contributed by atoms with E-state index >= 15 is 0 Å². The highest BCUT2D eigenvalue weighted by atomic mass is 32.2. The fraction of sp³-hybridized carbons (Fsp3) is 0.909. The lowest BCUT2D eigenvalue weighted by molar-refractivity contribution is -0.128. The molecule has 0 radical (unpaired) electrons. The minimum Gasteiger partial charge on any atom is -0.343 e. The monoisotopic (exact) mass is 260 g/mol. The van der Waals surface area contributed by atoms with E-state index in [2.05, 4.69) is 0 Å². The predicted octanol–water partition coefficient (Wildman–Crippen LogP) is 0.279. The van der Waals surface area contributed by atoms with E-state index < -0.39 is 10.0 Å². The summed E-state index contributed by atoms with van der Waals surface area (Å²) in [5, 5.41) is -0.271. The van der Waals surface area contributed by atoms with Crippen LogP contribution in [0, 0.1) is 5.92 Å². The molecule has 17 heavy (non-hydrogen) atoms. The van der Waals surface area contributed by atoms with Gasteiger partial charge in [0.1, 0.15) is 0 Å². The second-order valence-electron chi connectivity index (χ2n) is 4.88. The van der Waals surface area contributed by atoms with Crippen LogP contribution >= 0.6 is 0 Å². The van der Waals surface area contributed by atoms with Crippen LogP contribution in [0.2, 0.25) is 0 Å². The van der Waals surface area contributed by atoms with Gasteiger partial charge in [-0.3, -0.25) is 4.79 Å². The van der Waals surface area contributed by atoms with Crippen LogP contribution in [0.5, 0.6) is 0 Å². The number of fused-ring (bicyclic) bond motifs is 1. The van der Waals surface area contributed by atoms with Crippen molar-refractivity contribution in [2.45, 2.75) is 31.9 Å². The Morgan fingerprint density at radius 2 is 1.94 bits per heavy atom. The summed E-state index contributed by atoms with van der Waals surface area (Å²) in [5.41, 5.74) is 0. The van der Waals surface area contributed by atoms with Crippen molar-refractivity contribution in [2.75, 3.05) is 26.2 Å². The summed E-state index contributed by atoms with van der Waals surface area (Å²) < 4.78 is 26.0. The Hall–Kier alpha value is -0.620. The van der Waals surface area contributed by atoms with Crippen molar-refractivity contribution in [3.8, 4) is 0 Å². The number of nitrogens with zero attached hydrogens (tertiary/aromatic N) is 2. The first-order valence-electron chi connectivity index (χ1n) is 6.21. The third-order valence-electron chi connectivity index (χ3n) is 3.96. The zero-order chi connectivity index (χ0) is 12.6. The number of amides is 1. The Kier molecular flexibility index (Phi) is 3.45. The summed E-state index contributed by atoms with van der Waals surface area (Å²) in [7, 11) is -3.12. The van der Waals surface area contributed by atoms with Crippen molar-refractivity contribution in [2.24, 2.45) is 5.92 Å². The van der Waals surface area contributed by atoms with E-state index in [4.69, 9.17) is 0 Å². The maximum Gasteiger partial charge on any atom is 0.219 e. The summed E-state index contributed by atoms with van der Waals surface area (Å²) in [5.74, 6) is 0.249. The highest BCUT2D eigenvalue weighted by Crippen LogP contribution is 2.33. The molecule has 2 saturated heterocycles. The summed E-state index contributed by atoms with van der Waals surface area (Å²) in [6, 6.07) is 0. The van der Waals surface area contributed by atoms with Gasteiger partial charge < -0.3 is 4.90 Å². The molecule has 6 heteroatoms. The lowest BCUT2D eigenvalue weighted by Crippen LogP contribution is -2.33. The molecule has 2 aliphatic rings. The van der Waals surface area contributed by atoms with E-state index in [-0.39, 0.29) is 17.1 Å². The van der Waals surface area contributed by atoms with E-state index in [1.54, 1.807) is 16.1 Å². The maximum atomic E-state index is 12.2. The van der Waals surface area contributed by atoms with Crippen LogP contribution in [0.4, 0.5) is 0 Å². The molecular formula is C11H20N2O3S. The molecule has 0 aromatic carbocycles. The Morgan fingerprint density at radius 1 is 1.29 bits per heavy atom. The van der Waals surface area contributed by atoms with E-state index in [9.17, 15) is 13.2 Å². The minimum absolute atomic E-state index is 0.0507. The van der Waals surface area contributed by atoms with Gasteiger partial charge in [0.25, 0.3) is 0 Å². The van der Waals surface area contributed by atoms with Gasteiger partial charge in [-0.15, -0.1) is 0 Å². The van der Waals surface area contributed by atoms with Gasteiger partial charge in [-0.25, -0.2) is 12.7 Å². The molecule has 2 heterocycles. The van der Waals surface area contributed by atoms with Gasteiger partial charge in [0.05, 0.1) is 5.25 Å². The molecule has 0 aromatic rings. The molecule has 0 N–H and O–H groups in total. The van der Waals surface area contributed by atoms with Crippen LogP contribution in [0.15, 0.2) is 0 Å². The molecular weight excluding hydrogens is 240 g/mol. The number of carbonyl (C=O) groups is 1. The number of carbonyl (C=O) groups excluding carboxylic acids is 1. The zero-order valence-electron chi connectivity index (χ0n) is 10.4. The number of rotatable bonds is 1. The largest absolute Gasteiger partial charge is 0.343 e. The van der Waals surface area contributed by atoms with Crippen molar-refractivity contribution in [3.63, 3.8) is 0 Å². The molecule has 0 spiro atoms. The third kappa shape index (κ3) is 2.20. The number of sulfonamides is 1. The molecule has 98 valence electrons. The molecule has 0 aliphatic carbocycles. The zero-order valence-corrected chi connectivity index (χ0v) is 11.2. The van der Waals surface area contributed by atoms with Crippen molar-refractivity contribution < 1.29 is 13.2 Å². The van der Waals surface area contributed by atoms with E-state index in [1.165, 1.54) is 0 Å². The van der Waals surface area contributed by atoms with Gasteiger partial charge in [0, 0.05) is 33.1 Å². The Balaban J connectivity index is 2.16. The molecule has 2 rings (SSSR count). The Bertz CT molecular complexity index is 407. The molecule has 0 aromatic heterocycles. The first-order valence-corrected chi connectivity index (χ1v) is 7.71. The van der Waals surface area contributed by atoms with Crippen molar-refractivity contribution >= 4 is 15.9 Å². The van der Waals surface area contributed by atoms with E-state index in [0.717, 1.165) is 6.42 Å². The van der Waals surface area contributed by atoms with Crippen LogP contribution in [-0.2, 0) is 14.8 Å². The van der Waals surface area contributed by atoms with Crippen LogP contribution in [0.25, 0.3) is 0 Å². The quantitative estimate of drug-likeness (QED) is 0.680. The second-order valence-corrected chi connectivity index (χ2v) is 7.03. The highest BCUT2D eigenvalue weighted by Gasteiger charge is 2.46. The van der Waals surface area contributed by atoms with Gasteiger partial charge >= 0.3 is 0 Å². The smallest absolute Gasteiger partial charge is 0.219 e. The van der Waals surface area contributed by atoms with Gasteiger partial charge in [-0.05, 0) is 18.8 Å². The van der Waals surface area contributed by atoms with E-state index in [0.29, 0.717) is 32.6 Å². The van der Waals surface area contributed by atoms with Crippen LogP contribution in [0.3, 0.4) is 0 Å². The van der Waals surface area contributed by atoms with Crippen molar-refractivity contribution in [1.82, 2.24) is 9.21 Å². The molecule has 0 saturated carbocycles. The lowest BCUT2D eigenvalue weighted by Gasteiger charge is -2.20. The van der Waals surface area contributed by atoms with Crippen LogP contribution in [0.1, 0.15) is 26.7 Å². The van der Waals surface area contributed by atoms with Gasteiger partial charge in [-0.2, -0.15) is 0 Å². The number of hydrogen-bond donors (Lipinski definition) is 0. The number of hydrogen-bond acceptors (Lipinski definition) is 3. The van der Waals surface area contributed by atoms with Crippen LogP contribution < -0.4 is 0 Å². The number of likely N-dealkylation sites (tertiary alicyclic amines) is 1. The summed E-state index contributed by atoms with van der Waals surface area (Å²) in [6.07, 6.45) is 1.39. The summed E-state index contributed by atoms with van der Waals surface area (Å²) in [4.78, 5) is 13.1. The fourth-order valence-electron chi connectivity index (χ4n) is 2.92. The first-order chi connectivity index (χ1) is 7.96. The summed E-state index contributed by atoms with van der Waals surface area (Å²) >= 11 is 0. The third-order valence-corrected chi connectivity index (χ3v) is 6.47. The normalized spacial score (nSPS) is 33.2. The lowest BCUT2D eigenvalue weighted by atomic mass is 10.0. The van der Waals surface area contributed by atoms with E-state index in [1.807, 2.05) is 6.92 Å². The fourth-order valence-corrected chi connectivity index (χ4v) is 5.17. The Morgan fingerprint density at radius 3 is 2.53 bits per heavy atom. The second kappa shape index (κ2) is 4.57. The first kappa shape index (κ1) is 12.8. The molecule has 0 unspecified atom stereocenters. The maximum absolute atomic E-state index is 12.2. The van der Waals surface area contributed by atoms with Crippen molar-refractivity contribution in [3.05, 3.63) is 0 Å². The molecule has 2 fully saturated rings. The highest BCUT2D eigenvalue weighted by molar-refractivity contribution is 7.90. The standard InChI is InChI=1S/C11H20N2O3S/c1-3-13-8-10-4-6-12(9(2)14)7-5-11(10)17(13,15)16/h10-11H,3-8H2,1-2H3/t10-,11-/m1/s1. The Labute approximate surface area is 103 Å². The summed E-state index contributed by atoms with van der Waals surface area (Å²) in [6.45, 7) is 5.90. The molecule has 5 nitrogen and oxygen atoms in total. The van der Waals surface area contributed by atoms with Crippen LogP contribution in [-0.4, -0.2) is 55.0 Å². The SMILES string of the molecule is CCN1C[C@H]2CCN(C(C)=O)CC[C@H]2S1(=O)=O. The molecule has 2 atom stereocenters. The molecule has 1 amide bonds. The van der Waals surface area contributed by atoms with Gasteiger partial charge in [-0.1, -0.05) is 6.92 Å². The van der Waals surface area contributed by atoms with Gasteiger partial charge in [0.15, 0.2) is 0 Å². The topological polar surface area (TPSA) is 57.7 Å². The van der Waals surface area contributed by atoms with Gasteiger partial charge in [0.2, 0.25) is 15.9 Å². The molecule has 0 bridgehead atoms. The minimum atomic E-state index is -3.12. The molecule has 2 aliphatic heterocycles. The average molecular weight is 260 g/mol. The average Bonchev–Trinajstić information content (AvgIpc) is 2.42. The van der Waals surface area contributed by atoms with Crippen molar-refractivity contribution in [1.29, 1.82) is 0 Å².